The Hall–Kier alpha value is -1.46. The van der Waals surface area contributed by atoms with E-state index in [4.69, 9.17) is 26.2 Å². The summed E-state index contributed by atoms with van der Waals surface area (Å²) in [4.78, 5) is 13.2. The van der Waals surface area contributed by atoms with Gasteiger partial charge in [0.25, 0.3) is 0 Å². The number of hydrogen-bond acceptors (Lipinski definition) is 4. The highest BCUT2D eigenvalue weighted by molar-refractivity contribution is 6.21. The maximum absolute atomic E-state index is 11.1. The standard InChI is InChI=1S/C15H18ClNO4/c16-12(8-17-5-1-2-11(7-17)15(18)19)10-3-4-13-14(6-10)21-9-20-13/h3-4,6,11-12H,1-2,5,7-9H2,(H,18,19). The third-order valence-electron chi connectivity index (χ3n) is 4.03. The summed E-state index contributed by atoms with van der Waals surface area (Å²) in [5.41, 5.74) is 0.971. The van der Waals surface area contributed by atoms with E-state index in [0.29, 0.717) is 13.1 Å². The summed E-state index contributed by atoms with van der Waals surface area (Å²) in [6.45, 7) is 2.36. The zero-order chi connectivity index (χ0) is 14.8. The molecule has 1 fully saturated rings. The van der Waals surface area contributed by atoms with Crippen LogP contribution in [0.3, 0.4) is 0 Å². The van der Waals surface area contributed by atoms with Crippen LogP contribution in [0.15, 0.2) is 18.2 Å². The van der Waals surface area contributed by atoms with E-state index in [1.54, 1.807) is 0 Å². The first-order valence-electron chi connectivity index (χ1n) is 7.12. The van der Waals surface area contributed by atoms with E-state index >= 15 is 0 Å². The van der Waals surface area contributed by atoms with Crippen molar-refractivity contribution in [1.29, 1.82) is 0 Å². The van der Waals surface area contributed by atoms with Crippen molar-refractivity contribution in [3.05, 3.63) is 23.8 Å². The molecule has 5 nitrogen and oxygen atoms in total. The molecule has 1 saturated heterocycles. The number of aliphatic carboxylic acids is 1. The molecule has 3 rings (SSSR count). The molecule has 2 unspecified atom stereocenters. The summed E-state index contributed by atoms with van der Waals surface area (Å²) in [5.74, 6) is 0.472. The number of nitrogens with zero attached hydrogens (tertiary/aromatic N) is 1. The van der Waals surface area contributed by atoms with Crippen molar-refractivity contribution in [2.75, 3.05) is 26.4 Å². The van der Waals surface area contributed by atoms with Crippen LogP contribution in [-0.2, 0) is 4.79 Å². The number of benzene rings is 1. The molecule has 21 heavy (non-hydrogen) atoms. The Labute approximate surface area is 128 Å². The third-order valence-corrected chi connectivity index (χ3v) is 4.42. The number of alkyl halides is 1. The van der Waals surface area contributed by atoms with Crippen molar-refractivity contribution in [3.8, 4) is 11.5 Å². The molecule has 1 aromatic carbocycles. The summed E-state index contributed by atoms with van der Waals surface area (Å²) >= 11 is 6.48. The number of hydrogen-bond donors (Lipinski definition) is 1. The summed E-state index contributed by atoms with van der Waals surface area (Å²) in [6.07, 6.45) is 1.66. The molecule has 2 heterocycles. The second kappa shape index (κ2) is 6.12. The van der Waals surface area contributed by atoms with Gasteiger partial charge in [0.15, 0.2) is 11.5 Å². The maximum Gasteiger partial charge on any atom is 0.307 e. The van der Waals surface area contributed by atoms with Gasteiger partial charge in [0.05, 0.1) is 11.3 Å². The van der Waals surface area contributed by atoms with E-state index in [-0.39, 0.29) is 18.1 Å². The molecule has 114 valence electrons. The Morgan fingerprint density at radius 3 is 3.05 bits per heavy atom. The predicted octanol–water partition coefficient (Wildman–Crippen LogP) is 2.49. The predicted molar refractivity (Wildman–Crippen MR) is 78.0 cm³/mol. The number of fused-ring (bicyclic) bond motifs is 1. The zero-order valence-electron chi connectivity index (χ0n) is 11.6. The Morgan fingerprint density at radius 2 is 2.24 bits per heavy atom. The fourth-order valence-corrected chi connectivity index (χ4v) is 3.19. The number of likely N-dealkylation sites (tertiary alicyclic amines) is 1. The van der Waals surface area contributed by atoms with Crippen molar-refractivity contribution < 1.29 is 19.4 Å². The first-order chi connectivity index (χ1) is 10.1. The molecule has 1 N–H and O–H groups in total. The van der Waals surface area contributed by atoms with Crippen molar-refractivity contribution >= 4 is 17.6 Å². The summed E-state index contributed by atoms with van der Waals surface area (Å²) in [6, 6.07) is 5.70. The van der Waals surface area contributed by atoms with E-state index in [1.807, 2.05) is 18.2 Å². The average molecular weight is 312 g/mol. The highest BCUT2D eigenvalue weighted by Crippen LogP contribution is 2.36. The van der Waals surface area contributed by atoms with Gasteiger partial charge in [-0.15, -0.1) is 11.6 Å². The second-order valence-corrected chi connectivity index (χ2v) is 6.04. The van der Waals surface area contributed by atoms with Crippen LogP contribution in [0.4, 0.5) is 0 Å². The molecule has 2 atom stereocenters. The number of carboxylic acid groups (broad SMARTS) is 1. The highest BCUT2D eigenvalue weighted by Gasteiger charge is 2.27. The minimum absolute atomic E-state index is 0.188. The van der Waals surface area contributed by atoms with Crippen LogP contribution in [-0.4, -0.2) is 42.4 Å². The third kappa shape index (κ3) is 3.24. The molecule has 1 aromatic rings. The number of ether oxygens (including phenoxy) is 2. The zero-order valence-corrected chi connectivity index (χ0v) is 12.4. The van der Waals surface area contributed by atoms with E-state index < -0.39 is 5.97 Å². The van der Waals surface area contributed by atoms with Gasteiger partial charge in [-0.3, -0.25) is 4.79 Å². The van der Waals surface area contributed by atoms with Gasteiger partial charge in [0.2, 0.25) is 6.79 Å². The molecule has 0 aliphatic carbocycles. The lowest BCUT2D eigenvalue weighted by Gasteiger charge is -2.32. The SMILES string of the molecule is O=C(O)C1CCCN(CC(Cl)c2ccc3c(c2)OCO3)C1. The monoisotopic (exact) mass is 311 g/mol. The Balaban J connectivity index is 1.63. The highest BCUT2D eigenvalue weighted by atomic mass is 35.5. The van der Waals surface area contributed by atoms with Crippen LogP contribution in [0.2, 0.25) is 0 Å². The average Bonchev–Trinajstić information content (AvgIpc) is 2.94. The van der Waals surface area contributed by atoms with Crippen molar-refractivity contribution in [3.63, 3.8) is 0 Å². The fourth-order valence-electron chi connectivity index (χ4n) is 2.86. The summed E-state index contributed by atoms with van der Waals surface area (Å²) in [5, 5.41) is 8.93. The Bertz CT molecular complexity index is 536. The van der Waals surface area contributed by atoms with Crippen LogP contribution in [0.5, 0.6) is 11.5 Å². The molecule has 6 heteroatoms. The largest absolute Gasteiger partial charge is 0.481 e. The molecule has 0 saturated carbocycles. The van der Waals surface area contributed by atoms with Gasteiger partial charge in [-0.1, -0.05) is 6.07 Å². The van der Waals surface area contributed by atoms with Crippen molar-refractivity contribution in [2.45, 2.75) is 18.2 Å². The number of rotatable bonds is 4. The number of halogens is 1. The lowest BCUT2D eigenvalue weighted by molar-refractivity contribution is -0.143. The first kappa shape index (κ1) is 14.5. The molecule has 2 aliphatic heterocycles. The van der Waals surface area contributed by atoms with E-state index in [1.165, 1.54) is 0 Å². The van der Waals surface area contributed by atoms with E-state index in [0.717, 1.165) is 36.4 Å². The molecule has 0 bridgehead atoms. The summed E-state index contributed by atoms with van der Waals surface area (Å²) in [7, 11) is 0. The molecule has 0 spiro atoms. The minimum atomic E-state index is -0.714. The maximum atomic E-state index is 11.1. The van der Waals surface area contributed by atoms with E-state index in [9.17, 15) is 4.79 Å². The van der Waals surface area contributed by atoms with Crippen LogP contribution in [0, 0.1) is 5.92 Å². The van der Waals surface area contributed by atoms with Crippen LogP contribution >= 0.6 is 11.6 Å². The molecule has 2 aliphatic rings. The van der Waals surface area contributed by atoms with Gasteiger partial charge < -0.3 is 19.5 Å². The first-order valence-corrected chi connectivity index (χ1v) is 7.56. The molecular formula is C15H18ClNO4. The molecule has 0 amide bonds. The van der Waals surface area contributed by atoms with Gasteiger partial charge in [0, 0.05) is 13.1 Å². The lowest BCUT2D eigenvalue weighted by Crippen LogP contribution is -2.40. The van der Waals surface area contributed by atoms with Gasteiger partial charge in [-0.2, -0.15) is 0 Å². The quantitative estimate of drug-likeness (QED) is 0.866. The topological polar surface area (TPSA) is 59.0 Å². The van der Waals surface area contributed by atoms with Crippen molar-refractivity contribution in [2.24, 2.45) is 5.92 Å². The second-order valence-electron chi connectivity index (χ2n) is 5.52. The van der Waals surface area contributed by atoms with Crippen LogP contribution in [0.25, 0.3) is 0 Å². The number of carbonyl (C=O) groups is 1. The lowest BCUT2D eigenvalue weighted by atomic mass is 9.98. The fraction of sp³-hybridized carbons (Fsp3) is 0.533. The van der Waals surface area contributed by atoms with Crippen molar-refractivity contribution in [1.82, 2.24) is 4.90 Å². The van der Waals surface area contributed by atoms with Crippen LogP contribution < -0.4 is 9.47 Å². The number of piperidine rings is 1. The van der Waals surface area contributed by atoms with Crippen LogP contribution in [0.1, 0.15) is 23.8 Å². The van der Waals surface area contributed by atoms with Gasteiger partial charge in [0.1, 0.15) is 0 Å². The normalized spacial score (nSPS) is 23.0. The Kier molecular flexibility index (Phi) is 4.22. The van der Waals surface area contributed by atoms with Gasteiger partial charge in [-0.25, -0.2) is 0 Å². The number of carboxylic acids is 1. The smallest absolute Gasteiger partial charge is 0.307 e. The van der Waals surface area contributed by atoms with Gasteiger partial charge in [-0.05, 0) is 37.1 Å². The molecule has 0 aromatic heterocycles. The van der Waals surface area contributed by atoms with E-state index in [2.05, 4.69) is 4.90 Å². The summed E-state index contributed by atoms with van der Waals surface area (Å²) < 4.78 is 10.6. The Morgan fingerprint density at radius 1 is 1.43 bits per heavy atom. The minimum Gasteiger partial charge on any atom is -0.481 e. The molecule has 0 radical (unpaired) electrons. The molecular weight excluding hydrogens is 294 g/mol. The van der Waals surface area contributed by atoms with Gasteiger partial charge >= 0.3 is 5.97 Å².